The van der Waals surface area contributed by atoms with E-state index in [1.54, 1.807) is 55.5 Å². The molecule has 1 heterocycles. The van der Waals surface area contributed by atoms with Crippen LogP contribution in [0.2, 0.25) is 10.0 Å². The van der Waals surface area contributed by atoms with Gasteiger partial charge in [-0.25, -0.2) is 0 Å². The molecule has 0 aromatic heterocycles. The Morgan fingerprint density at radius 1 is 0.952 bits per heavy atom. The third-order valence-corrected chi connectivity index (χ3v) is 7.57. The van der Waals surface area contributed by atoms with E-state index in [0.29, 0.717) is 23.0 Å². The summed E-state index contributed by atoms with van der Waals surface area (Å²) in [5.41, 5.74) is 1.17. The van der Waals surface area contributed by atoms with Crippen LogP contribution in [0.25, 0.3) is 0 Å². The zero-order valence-electron chi connectivity index (χ0n) is 24.6. The summed E-state index contributed by atoms with van der Waals surface area (Å²) in [4.78, 5) is 55.7. The van der Waals surface area contributed by atoms with Gasteiger partial charge in [-0.1, -0.05) is 68.2 Å². The maximum Gasteiger partial charge on any atom is 0.250 e. The molecule has 0 aliphatic carbocycles. The number of nitrogens with one attached hydrogen (secondary N) is 3. The molecule has 3 N–H and O–H groups in total. The minimum absolute atomic E-state index is 0.236. The molecule has 9 nitrogen and oxygen atoms in total. The number of carbonyl (C=O) groups is 4. The summed E-state index contributed by atoms with van der Waals surface area (Å²) in [6.07, 6.45) is 3.97. The first-order valence-corrected chi connectivity index (χ1v) is 14.6. The Bertz CT molecular complexity index is 1330. The summed E-state index contributed by atoms with van der Waals surface area (Å²) < 4.78 is 0. The van der Waals surface area contributed by atoms with Crippen molar-refractivity contribution < 1.29 is 19.2 Å². The van der Waals surface area contributed by atoms with Gasteiger partial charge in [0.2, 0.25) is 23.6 Å². The van der Waals surface area contributed by atoms with Gasteiger partial charge in [0.1, 0.15) is 12.1 Å². The molecular formula is C31H39Cl2N5O4. The van der Waals surface area contributed by atoms with Crippen LogP contribution in [0.1, 0.15) is 38.8 Å². The maximum atomic E-state index is 13.7. The Morgan fingerprint density at radius 2 is 1.57 bits per heavy atom. The molecule has 2 aromatic carbocycles. The lowest BCUT2D eigenvalue weighted by Crippen LogP contribution is -2.58. The number of hydrogen-bond acceptors (Lipinski definition) is 5. The van der Waals surface area contributed by atoms with Gasteiger partial charge in [0.15, 0.2) is 0 Å². The fraction of sp³-hybridized carbons (Fsp3) is 0.419. The van der Waals surface area contributed by atoms with Gasteiger partial charge in [-0.15, -0.1) is 0 Å². The highest BCUT2D eigenvalue weighted by atomic mass is 35.5. The van der Waals surface area contributed by atoms with Crippen molar-refractivity contribution in [3.63, 3.8) is 0 Å². The summed E-state index contributed by atoms with van der Waals surface area (Å²) >= 11 is 12.3. The van der Waals surface area contributed by atoms with E-state index in [0.717, 1.165) is 11.1 Å². The first-order valence-electron chi connectivity index (χ1n) is 13.8. The molecule has 0 saturated carbocycles. The van der Waals surface area contributed by atoms with Gasteiger partial charge in [-0.2, -0.15) is 0 Å². The molecule has 3 rings (SSSR count). The fourth-order valence-corrected chi connectivity index (χ4v) is 4.95. The monoisotopic (exact) mass is 615 g/mol. The number of likely N-dealkylation sites (N-methyl/N-ethyl adjacent to an activating group) is 1. The smallest absolute Gasteiger partial charge is 0.250 e. The Hall–Kier alpha value is -3.40. The third kappa shape index (κ3) is 9.05. The molecule has 2 aromatic rings. The number of nitrogens with zero attached hydrogens (tertiary/aromatic N) is 2. The van der Waals surface area contributed by atoms with E-state index in [-0.39, 0.29) is 24.8 Å². The van der Waals surface area contributed by atoms with E-state index in [1.165, 1.54) is 4.90 Å². The van der Waals surface area contributed by atoms with Crippen molar-refractivity contribution in [1.82, 2.24) is 25.8 Å². The first kappa shape index (κ1) is 33.1. The van der Waals surface area contributed by atoms with Crippen LogP contribution in [-0.2, 0) is 32.0 Å². The Morgan fingerprint density at radius 3 is 2.17 bits per heavy atom. The summed E-state index contributed by atoms with van der Waals surface area (Å²) in [7, 11) is 1.65. The standard InChI is InChI=1S/C31H39Cl2N5O4/c1-20(34-5)28(40)36-27(31(2,3)4)29(41)35-19-26(39)38-15-14-37(13-12-21-8-6-10-23(32)16-21)30(42)25(38)18-22-9-7-11-24(33)17-22/h6-11,14-17,20,25,27,34H,12-13,18-19H2,1-5H3,(H,35,41)(H,36,40)/t20-,25-,27+/m0/s1. The molecule has 0 fully saturated rings. The fourth-order valence-electron chi connectivity index (χ4n) is 4.53. The predicted octanol–water partition coefficient (Wildman–Crippen LogP) is 3.54. The number of carbonyl (C=O) groups excluding carboxylic acids is 4. The van der Waals surface area contributed by atoms with Crippen molar-refractivity contribution in [3.8, 4) is 0 Å². The van der Waals surface area contributed by atoms with Crippen molar-refractivity contribution in [1.29, 1.82) is 0 Å². The minimum atomic E-state index is -0.878. The summed E-state index contributed by atoms with van der Waals surface area (Å²) in [6.45, 7) is 7.22. The molecule has 0 saturated heterocycles. The van der Waals surface area contributed by atoms with Crippen molar-refractivity contribution in [2.45, 2.75) is 58.7 Å². The SMILES string of the molecule is CN[C@@H](C)C(=O)N[C@H](C(=O)NCC(=O)N1C=CN(CCc2cccc(Cl)c2)C(=O)[C@@H]1Cc1cccc(Cl)c1)C(C)(C)C. The molecule has 3 atom stereocenters. The van der Waals surface area contributed by atoms with E-state index in [1.807, 2.05) is 45.0 Å². The Labute approximate surface area is 257 Å². The lowest BCUT2D eigenvalue weighted by molar-refractivity contribution is -0.143. The number of amides is 4. The van der Waals surface area contributed by atoms with E-state index >= 15 is 0 Å². The molecular weight excluding hydrogens is 577 g/mol. The van der Waals surface area contributed by atoms with Crippen molar-refractivity contribution in [2.75, 3.05) is 20.1 Å². The zero-order chi connectivity index (χ0) is 31.0. The van der Waals surface area contributed by atoms with E-state index < -0.39 is 35.4 Å². The third-order valence-electron chi connectivity index (χ3n) is 7.10. The molecule has 0 radical (unpaired) electrons. The van der Waals surface area contributed by atoms with Crippen LogP contribution in [0.15, 0.2) is 60.9 Å². The number of hydrogen-bond donors (Lipinski definition) is 3. The number of halogens is 2. The largest absolute Gasteiger partial charge is 0.345 e. The van der Waals surface area contributed by atoms with Crippen molar-refractivity contribution >= 4 is 46.8 Å². The first-order chi connectivity index (χ1) is 19.8. The number of rotatable bonds is 11. The van der Waals surface area contributed by atoms with Crippen LogP contribution in [0.3, 0.4) is 0 Å². The van der Waals surface area contributed by atoms with Gasteiger partial charge in [0, 0.05) is 35.4 Å². The van der Waals surface area contributed by atoms with Crippen LogP contribution in [0, 0.1) is 5.41 Å². The average Bonchev–Trinajstić information content (AvgIpc) is 2.93. The molecule has 226 valence electrons. The zero-order valence-corrected chi connectivity index (χ0v) is 26.1. The minimum Gasteiger partial charge on any atom is -0.345 e. The lowest BCUT2D eigenvalue weighted by atomic mass is 9.86. The van der Waals surface area contributed by atoms with Gasteiger partial charge in [-0.05, 0) is 61.2 Å². The molecule has 0 unspecified atom stereocenters. The highest BCUT2D eigenvalue weighted by Gasteiger charge is 2.37. The lowest BCUT2D eigenvalue weighted by Gasteiger charge is -2.36. The highest BCUT2D eigenvalue weighted by molar-refractivity contribution is 6.30. The van der Waals surface area contributed by atoms with Crippen LogP contribution in [0.4, 0.5) is 0 Å². The molecule has 0 spiro atoms. The number of benzene rings is 2. The molecule has 11 heteroatoms. The second-order valence-corrected chi connectivity index (χ2v) is 12.3. The van der Waals surface area contributed by atoms with E-state index in [9.17, 15) is 19.2 Å². The summed E-state index contributed by atoms with van der Waals surface area (Å²) in [5, 5.41) is 9.42. The quantitative estimate of drug-likeness (QED) is 0.358. The molecule has 1 aliphatic heterocycles. The van der Waals surface area contributed by atoms with Crippen LogP contribution < -0.4 is 16.0 Å². The second kappa shape index (κ2) is 14.7. The van der Waals surface area contributed by atoms with Crippen molar-refractivity contribution in [3.05, 3.63) is 82.1 Å². The molecule has 42 heavy (non-hydrogen) atoms. The average molecular weight is 617 g/mol. The van der Waals surface area contributed by atoms with Gasteiger partial charge >= 0.3 is 0 Å². The van der Waals surface area contributed by atoms with Crippen LogP contribution in [0.5, 0.6) is 0 Å². The van der Waals surface area contributed by atoms with E-state index in [2.05, 4.69) is 16.0 Å². The predicted molar refractivity (Wildman–Crippen MR) is 165 cm³/mol. The molecule has 0 bridgehead atoms. The summed E-state index contributed by atoms with van der Waals surface area (Å²) in [5.74, 6) is -1.53. The van der Waals surface area contributed by atoms with Crippen LogP contribution >= 0.6 is 23.2 Å². The highest BCUT2D eigenvalue weighted by Crippen LogP contribution is 2.22. The van der Waals surface area contributed by atoms with Gasteiger partial charge < -0.3 is 25.8 Å². The second-order valence-electron chi connectivity index (χ2n) is 11.4. The topological polar surface area (TPSA) is 111 Å². The normalized spacial score (nSPS) is 16.6. The molecule has 1 aliphatic rings. The van der Waals surface area contributed by atoms with Gasteiger partial charge in [0.25, 0.3) is 0 Å². The van der Waals surface area contributed by atoms with Crippen LogP contribution in [-0.4, -0.2) is 71.7 Å². The van der Waals surface area contributed by atoms with Gasteiger partial charge in [0.05, 0.1) is 12.6 Å². The van der Waals surface area contributed by atoms with E-state index in [4.69, 9.17) is 23.2 Å². The molecule has 4 amide bonds. The van der Waals surface area contributed by atoms with Gasteiger partial charge in [-0.3, -0.25) is 19.2 Å². The Balaban J connectivity index is 1.76. The Kier molecular flexibility index (Phi) is 11.6. The van der Waals surface area contributed by atoms with Crippen molar-refractivity contribution in [2.24, 2.45) is 5.41 Å². The summed E-state index contributed by atoms with van der Waals surface area (Å²) in [6, 6.07) is 12.4. The maximum absolute atomic E-state index is 13.7.